The fourth-order valence-corrected chi connectivity index (χ4v) is 2.38. The van der Waals surface area contributed by atoms with E-state index in [1.165, 1.54) is 0 Å². The standard InChI is InChI=1S/C14H22N4O2/c1-18(2)11-6-8-16-14(20-3)12(11)17-13(19)10-5-4-7-15-9-10/h6,8,10,15H,4-5,7,9H2,1-3H3,(H,17,19)/t10-/m1/s1. The van der Waals surface area contributed by atoms with Gasteiger partial charge in [-0.25, -0.2) is 4.98 Å². The molecule has 1 aromatic heterocycles. The van der Waals surface area contributed by atoms with Crippen molar-refractivity contribution in [3.8, 4) is 5.88 Å². The molecule has 1 saturated heterocycles. The summed E-state index contributed by atoms with van der Waals surface area (Å²) in [5, 5.41) is 6.22. The summed E-state index contributed by atoms with van der Waals surface area (Å²) in [6.07, 6.45) is 3.62. The topological polar surface area (TPSA) is 66.5 Å². The van der Waals surface area contributed by atoms with Crippen molar-refractivity contribution in [1.29, 1.82) is 0 Å². The summed E-state index contributed by atoms with van der Waals surface area (Å²) < 4.78 is 5.26. The second-order valence-corrected chi connectivity index (χ2v) is 5.14. The average molecular weight is 278 g/mol. The monoisotopic (exact) mass is 278 g/mol. The molecular formula is C14H22N4O2. The highest BCUT2D eigenvalue weighted by molar-refractivity contribution is 5.97. The van der Waals surface area contributed by atoms with Gasteiger partial charge in [-0.1, -0.05) is 0 Å². The van der Waals surface area contributed by atoms with Crippen LogP contribution in [0.2, 0.25) is 0 Å². The van der Waals surface area contributed by atoms with Crippen molar-refractivity contribution < 1.29 is 9.53 Å². The van der Waals surface area contributed by atoms with Gasteiger partial charge in [0.1, 0.15) is 5.69 Å². The maximum absolute atomic E-state index is 12.4. The smallest absolute Gasteiger partial charge is 0.239 e. The zero-order valence-electron chi connectivity index (χ0n) is 12.3. The number of nitrogens with one attached hydrogen (secondary N) is 2. The molecule has 0 spiro atoms. The lowest BCUT2D eigenvalue weighted by Crippen LogP contribution is -2.37. The maximum atomic E-state index is 12.4. The molecule has 0 aromatic carbocycles. The zero-order chi connectivity index (χ0) is 14.5. The van der Waals surface area contributed by atoms with E-state index in [4.69, 9.17) is 4.74 Å². The molecule has 110 valence electrons. The van der Waals surface area contributed by atoms with E-state index in [1.807, 2.05) is 25.1 Å². The van der Waals surface area contributed by atoms with Crippen molar-refractivity contribution in [1.82, 2.24) is 10.3 Å². The molecule has 6 nitrogen and oxygen atoms in total. The largest absolute Gasteiger partial charge is 0.479 e. The third-order valence-electron chi connectivity index (χ3n) is 3.49. The molecule has 20 heavy (non-hydrogen) atoms. The molecule has 0 bridgehead atoms. The summed E-state index contributed by atoms with van der Waals surface area (Å²) in [5.41, 5.74) is 1.52. The number of piperidine rings is 1. The summed E-state index contributed by atoms with van der Waals surface area (Å²) >= 11 is 0. The van der Waals surface area contributed by atoms with Crippen molar-refractivity contribution in [2.45, 2.75) is 12.8 Å². The molecule has 1 aromatic rings. The summed E-state index contributed by atoms with van der Waals surface area (Å²) in [7, 11) is 5.40. The van der Waals surface area contributed by atoms with E-state index in [0.717, 1.165) is 31.6 Å². The Balaban J connectivity index is 2.20. The van der Waals surface area contributed by atoms with Gasteiger partial charge in [-0.2, -0.15) is 0 Å². The first-order chi connectivity index (χ1) is 9.63. The normalized spacial score (nSPS) is 18.4. The molecule has 1 aliphatic heterocycles. The third-order valence-corrected chi connectivity index (χ3v) is 3.49. The molecule has 1 aliphatic rings. The number of rotatable bonds is 4. The van der Waals surface area contributed by atoms with E-state index in [2.05, 4.69) is 15.6 Å². The lowest BCUT2D eigenvalue weighted by molar-refractivity contribution is -0.120. The van der Waals surface area contributed by atoms with Crippen LogP contribution in [0.15, 0.2) is 12.3 Å². The minimum atomic E-state index is 0.00340. The first-order valence-corrected chi connectivity index (χ1v) is 6.85. The molecule has 0 unspecified atom stereocenters. The summed E-state index contributed by atoms with van der Waals surface area (Å²) in [5.74, 6) is 0.462. The molecule has 2 heterocycles. The number of hydrogen-bond acceptors (Lipinski definition) is 5. The number of pyridine rings is 1. The third kappa shape index (κ3) is 3.19. The average Bonchev–Trinajstić information content (AvgIpc) is 2.48. The van der Waals surface area contributed by atoms with Gasteiger partial charge >= 0.3 is 0 Å². The molecule has 0 radical (unpaired) electrons. The van der Waals surface area contributed by atoms with E-state index in [0.29, 0.717) is 11.6 Å². The van der Waals surface area contributed by atoms with Gasteiger partial charge in [0.25, 0.3) is 0 Å². The van der Waals surface area contributed by atoms with Crippen LogP contribution in [0.3, 0.4) is 0 Å². The Morgan fingerprint density at radius 1 is 1.55 bits per heavy atom. The van der Waals surface area contributed by atoms with Crippen LogP contribution in [0.25, 0.3) is 0 Å². The Labute approximate surface area is 119 Å². The van der Waals surface area contributed by atoms with Crippen molar-refractivity contribution in [3.63, 3.8) is 0 Å². The van der Waals surface area contributed by atoms with E-state index in [-0.39, 0.29) is 11.8 Å². The van der Waals surface area contributed by atoms with Gasteiger partial charge in [0.05, 0.1) is 18.7 Å². The number of nitrogens with zero attached hydrogens (tertiary/aromatic N) is 2. The van der Waals surface area contributed by atoms with Gasteiger partial charge < -0.3 is 20.3 Å². The number of carbonyl (C=O) groups is 1. The summed E-state index contributed by atoms with van der Waals surface area (Å²) in [6.45, 7) is 1.72. The SMILES string of the molecule is COc1nccc(N(C)C)c1NC(=O)[C@@H]1CCCNC1. The molecule has 1 fully saturated rings. The van der Waals surface area contributed by atoms with Crippen LogP contribution in [-0.4, -0.2) is 45.2 Å². The quantitative estimate of drug-likeness (QED) is 0.863. The van der Waals surface area contributed by atoms with Crippen LogP contribution in [0.4, 0.5) is 11.4 Å². The molecule has 2 rings (SSSR count). The van der Waals surface area contributed by atoms with E-state index < -0.39 is 0 Å². The van der Waals surface area contributed by atoms with Crippen molar-refractivity contribution >= 4 is 17.3 Å². The number of hydrogen-bond donors (Lipinski definition) is 2. The second-order valence-electron chi connectivity index (χ2n) is 5.14. The number of ether oxygens (including phenoxy) is 1. The van der Waals surface area contributed by atoms with Crippen LogP contribution in [0.5, 0.6) is 5.88 Å². The lowest BCUT2D eigenvalue weighted by atomic mass is 9.99. The second kappa shape index (κ2) is 6.56. The van der Waals surface area contributed by atoms with Gasteiger partial charge in [0.2, 0.25) is 11.8 Å². The van der Waals surface area contributed by atoms with Crippen LogP contribution >= 0.6 is 0 Å². The first kappa shape index (κ1) is 14.6. The van der Waals surface area contributed by atoms with E-state index >= 15 is 0 Å². The van der Waals surface area contributed by atoms with Gasteiger partial charge in [-0.15, -0.1) is 0 Å². The van der Waals surface area contributed by atoms with Crippen molar-refractivity contribution in [2.24, 2.45) is 5.92 Å². The number of aromatic nitrogens is 1. The highest BCUT2D eigenvalue weighted by Crippen LogP contribution is 2.32. The molecule has 1 amide bonds. The van der Waals surface area contributed by atoms with Gasteiger partial charge in [-0.05, 0) is 25.5 Å². The van der Waals surface area contributed by atoms with Crippen LogP contribution in [-0.2, 0) is 4.79 Å². The Morgan fingerprint density at radius 2 is 2.35 bits per heavy atom. The molecule has 0 saturated carbocycles. The Bertz CT molecular complexity index is 470. The van der Waals surface area contributed by atoms with Gasteiger partial charge in [0, 0.05) is 26.8 Å². The van der Waals surface area contributed by atoms with Crippen molar-refractivity contribution in [3.05, 3.63) is 12.3 Å². The summed E-state index contributed by atoms with van der Waals surface area (Å²) in [6, 6.07) is 1.86. The van der Waals surface area contributed by atoms with Crippen LogP contribution in [0, 0.1) is 5.92 Å². The summed E-state index contributed by atoms with van der Waals surface area (Å²) in [4.78, 5) is 18.4. The maximum Gasteiger partial charge on any atom is 0.239 e. The Hall–Kier alpha value is -1.82. The van der Waals surface area contributed by atoms with Gasteiger partial charge in [0.15, 0.2) is 0 Å². The van der Waals surface area contributed by atoms with Gasteiger partial charge in [-0.3, -0.25) is 4.79 Å². The number of carbonyl (C=O) groups excluding carboxylic acids is 1. The zero-order valence-corrected chi connectivity index (χ0v) is 12.3. The number of anilines is 2. The Kier molecular flexibility index (Phi) is 4.79. The number of methoxy groups -OCH3 is 1. The van der Waals surface area contributed by atoms with Crippen LogP contribution < -0.4 is 20.3 Å². The molecule has 0 aliphatic carbocycles. The minimum Gasteiger partial charge on any atom is -0.479 e. The van der Waals surface area contributed by atoms with E-state index in [1.54, 1.807) is 13.3 Å². The highest BCUT2D eigenvalue weighted by atomic mass is 16.5. The molecule has 1 atom stereocenters. The Morgan fingerprint density at radius 3 is 2.95 bits per heavy atom. The highest BCUT2D eigenvalue weighted by Gasteiger charge is 2.23. The molecule has 2 N–H and O–H groups in total. The number of amides is 1. The van der Waals surface area contributed by atoms with Crippen molar-refractivity contribution in [2.75, 3.05) is 44.5 Å². The molecule has 6 heteroatoms. The fraction of sp³-hybridized carbons (Fsp3) is 0.571. The van der Waals surface area contributed by atoms with E-state index in [9.17, 15) is 4.79 Å². The molecular weight excluding hydrogens is 256 g/mol. The predicted octanol–water partition coefficient (Wildman–Crippen LogP) is 1.09. The fourth-order valence-electron chi connectivity index (χ4n) is 2.38. The predicted molar refractivity (Wildman–Crippen MR) is 79.3 cm³/mol. The van der Waals surface area contributed by atoms with Crippen LogP contribution in [0.1, 0.15) is 12.8 Å². The first-order valence-electron chi connectivity index (χ1n) is 6.85. The lowest BCUT2D eigenvalue weighted by Gasteiger charge is -2.24. The minimum absolute atomic E-state index is 0.00340.